The van der Waals surface area contributed by atoms with Gasteiger partial charge in [0.15, 0.2) is 5.96 Å². The average Bonchev–Trinajstić information content (AvgIpc) is 3.18. The topological polar surface area (TPSA) is 66.5 Å². The molecule has 1 aliphatic heterocycles. The summed E-state index contributed by atoms with van der Waals surface area (Å²) in [5, 5.41) is 4.49. The molecule has 2 heterocycles. The first-order chi connectivity index (χ1) is 11.3. The molecule has 3 N–H and O–H groups in total. The molecule has 1 unspecified atom stereocenters. The Bertz CT molecular complexity index is 522. The highest BCUT2D eigenvalue weighted by molar-refractivity contribution is 14.0. The highest BCUT2D eigenvalue weighted by atomic mass is 127. The zero-order valence-corrected chi connectivity index (χ0v) is 17.7. The van der Waals surface area contributed by atoms with Crippen LogP contribution in [-0.4, -0.2) is 48.1 Å². The molecule has 0 bridgehead atoms. The Balaban J connectivity index is 0.00000208. The molecule has 0 radical (unpaired) electrons. The fourth-order valence-electron chi connectivity index (χ4n) is 3.59. The third-order valence-electron chi connectivity index (χ3n) is 4.91. The Morgan fingerprint density at radius 1 is 1.38 bits per heavy atom. The molecule has 1 aliphatic carbocycles. The number of guanidine groups is 1. The Morgan fingerprint density at radius 3 is 3.00 bits per heavy atom. The monoisotopic (exact) mass is 463 g/mol. The third kappa shape index (κ3) is 5.29. The molecule has 0 amide bonds. The van der Waals surface area contributed by atoms with Crippen LogP contribution in [0, 0.1) is 0 Å². The van der Waals surface area contributed by atoms with Gasteiger partial charge in [-0.15, -0.1) is 35.3 Å². The Morgan fingerprint density at radius 2 is 2.21 bits per heavy atom. The zero-order valence-electron chi connectivity index (χ0n) is 14.6. The number of nitrogens with zero attached hydrogens (tertiary/aromatic N) is 3. The molecule has 7 heteroatoms. The van der Waals surface area contributed by atoms with Gasteiger partial charge in [-0.3, -0.25) is 9.89 Å². The maximum Gasteiger partial charge on any atom is 0.188 e. The number of likely N-dealkylation sites (tertiary alicyclic amines) is 1. The van der Waals surface area contributed by atoms with Crippen LogP contribution >= 0.6 is 35.3 Å². The molecule has 0 saturated carbocycles. The van der Waals surface area contributed by atoms with Crippen molar-refractivity contribution in [3.8, 4) is 0 Å². The molecular formula is C17H30IN5S. The number of thiazole rings is 1. The quantitative estimate of drug-likeness (QED) is 0.387. The smallest absolute Gasteiger partial charge is 0.188 e. The number of aromatic nitrogens is 1. The van der Waals surface area contributed by atoms with Crippen molar-refractivity contribution in [2.75, 3.05) is 26.2 Å². The molecule has 0 aromatic carbocycles. The van der Waals surface area contributed by atoms with E-state index >= 15 is 0 Å². The second kappa shape index (κ2) is 9.91. The Hall–Kier alpha value is -0.410. The second-order valence-corrected chi connectivity index (χ2v) is 7.68. The van der Waals surface area contributed by atoms with Crippen molar-refractivity contribution >= 4 is 41.3 Å². The molecule has 1 aromatic heterocycles. The number of aliphatic imine (C=N–C) groups is 1. The van der Waals surface area contributed by atoms with Crippen LogP contribution in [0.2, 0.25) is 0 Å². The predicted molar refractivity (Wildman–Crippen MR) is 113 cm³/mol. The van der Waals surface area contributed by atoms with Gasteiger partial charge in [0.05, 0.1) is 17.2 Å². The normalized spacial score (nSPS) is 21.4. The van der Waals surface area contributed by atoms with Crippen LogP contribution in [0.15, 0.2) is 4.99 Å². The maximum atomic E-state index is 6.00. The summed E-state index contributed by atoms with van der Waals surface area (Å²) in [5.41, 5.74) is 7.35. The third-order valence-corrected chi connectivity index (χ3v) is 6.13. The standard InChI is InChI=1S/C17H29N5S.HI/c1-2-22-11-5-6-13(22)12-20-17(18)19-10-9-16-21-14-7-3-4-8-15(14)23-16;/h13H,2-12H2,1H3,(H3,18,19,20);1H. The van der Waals surface area contributed by atoms with E-state index in [1.165, 1.54) is 54.2 Å². The first kappa shape index (κ1) is 19.9. The van der Waals surface area contributed by atoms with Crippen LogP contribution in [0.5, 0.6) is 0 Å². The molecule has 1 atom stereocenters. The summed E-state index contributed by atoms with van der Waals surface area (Å²) in [6, 6.07) is 0.575. The minimum Gasteiger partial charge on any atom is -0.370 e. The molecule has 136 valence electrons. The van der Waals surface area contributed by atoms with E-state index in [0.717, 1.165) is 32.5 Å². The molecule has 5 nitrogen and oxygen atoms in total. The van der Waals surface area contributed by atoms with E-state index in [4.69, 9.17) is 10.7 Å². The van der Waals surface area contributed by atoms with Gasteiger partial charge in [0.25, 0.3) is 0 Å². The second-order valence-electron chi connectivity index (χ2n) is 6.51. The van der Waals surface area contributed by atoms with Gasteiger partial charge in [-0.2, -0.15) is 0 Å². The summed E-state index contributed by atoms with van der Waals surface area (Å²) in [7, 11) is 0. The lowest BCUT2D eigenvalue weighted by atomic mass is 10.0. The van der Waals surface area contributed by atoms with E-state index in [2.05, 4.69) is 22.1 Å². The van der Waals surface area contributed by atoms with Gasteiger partial charge < -0.3 is 11.1 Å². The van der Waals surface area contributed by atoms with E-state index in [-0.39, 0.29) is 24.0 Å². The molecule has 1 saturated heterocycles. The van der Waals surface area contributed by atoms with Crippen molar-refractivity contribution in [3.05, 3.63) is 15.6 Å². The summed E-state index contributed by atoms with van der Waals surface area (Å²) in [6.07, 6.45) is 8.48. The minimum absolute atomic E-state index is 0. The number of nitrogens with one attached hydrogen (secondary N) is 1. The van der Waals surface area contributed by atoms with Crippen LogP contribution < -0.4 is 11.1 Å². The van der Waals surface area contributed by atoms with Gasteiger partial charge in [0.2, 0.25) is 0 Å². The summed E-state index contributed by atoms with van der Waals surface area (Å²) < 4.78 is 0. The van der Waals surface area contributed by atoms with E-state index < -0.39 is 0 Å². The van der Waals surface area contributed by atoms with E-state index in [1.807, 2.05) is 11.3 Å². The van der Waals surface area contributed by atoms with Crippen molar-refractivity contribution in [3.63, 3.8) is 0 Å². The van der Waals surface area contributed by atoms with Gasteiger partial charge in [-0.25, -0.2) is 4.98 Å². The SMILES string of the molecule is CCN1CCCC1CN=C(N)NCCc1nc2c(s1)CCCC2.I. The molecule has 0 spiro atoms. The minimum atomic E-state index is 0. The van der Waals surface area contributed by atoms with Gasteiger partial charge in [-0.05, 0) is 51.6 Å². The van der Waals surface area contributed by atoms with E-state index in [1.54, 1.807) is 0 Å². The first-order valence-electron chi connectivity index (χ1n) is 9.01. The van der Waals surface area contributed by atoms with Crippen LogP contribution in [0.25, 0.3) is 0 Å². The van der Waals surface area contributed by atoms with Crippen molar-refractivity contribution in [1.82, 2.24) is 15.2 Å². The maximum absolute atomic E-state index is 6.00. The number of halogens is 1. The summed E-state index contributed by atoms with van der Waals surface area (Å²) >= 11 is 1.89. The van der Waals surface area contributed by atoms with E-state index in [0.29, 0.717) is 12.0 Å². The number of hydrogen-bond donors (Lipinski definition) is 2. The molecule has 3 rings (SSSR count). The number of nitrogens with two attached hydrogens (primary N) is 1. The molecule has 1 aromatic rings. The van der Waals surface area contributed by atoms with Crippen LogP contribution in [0.1, 0.15) is 48.2 Å². The van der Waals surface area contributed by atoms with Crippen LogP contribution in [0.4, 0.5) is 0 Å². The summed E-state index contributed by atoms with van der Waals surface area (Å²) in [6.45, 7) is 6.18. The molecule has 2 aliphatic rings. The molecular weight excluding hydrogens is 433 g/mol. The van der Waals surface area contributed by atoms with Gasteiger partial charge in [0.1, 0.15) is 0 Å². The van der Waals surface area contributed by atoms with Gasteiger partial charge >= 0.3 is 0 Å². The molecule has 1 fully saturated rings. The fourth-order valence-corrected chi connectivity index (χ4v) is 4.74. The lowest BCUT2D eigenvalue weighted by molar-refractivity contribution is 0.273. The Kier molecular flexibility index (Phi) is 8.22. The zero-order chi connectivity index (χ0) is 16.1. The van der Waals surface area contributed by atoms with Crippen molar-refractivity contribution in [2.45, 2.75) is 57.9 Å². The van der Waals surface area contributed by atoms with Crippen LogP contribution in [0.3, 0.4) is 0 Å². The number of rotatable bonds is 6. The lowest BCUT2D eigenvalue weighted by Gasteiger charge is -2.20. The fraction of sp³-hybridized carbons (Fsp3) is 0.765. The van der Waals surface area contributed by atoms with Crippen molar-refractivity contribution < 1.29 is 0 Å². The van der Waals surface area contributed by atoms with E-state index in [9.17, 15) is 0 Å². The number of hydrogen-bond acceptors (Lipinski definition) is 4. The largest absolute Gasteiger partial charge is 0.370 e. The first-order valence-corrected chi connectivity index (χ1v) is 9.83. The lowest BCUT2D eigenvalue weighted by Crippen LogP contribution is -2.36. The van der Waals surface area contributed by atoms with Gasteiger partial charge in [0, 0.05) is 23.9 Å². The Labute approximate surface area is 166 Å². The average molecular weight is 463 g/mol. The summed E-state index contributed by atoms with van der Waals surface area (Å²) in [5.74, 6) is 0.578. The van der Waals surface area contributed by atoms with Gasteiger partial charge in [-0.1, -0.05) is 6.92 Å². The highest BCUT2D eigenvalue weighted by Gasteiger charge is 2.22. The number of likely N-dealkylation sites (N-methyl/N-ethyl adjacent to an activating group) is 1. The van der Waals surface area contributed by atoms with Crippen molar-refractivity contribution in [1.29, 1.82) is 0 Å². The predicted octanol–water partition coefficient (Wildman–Crippen LogP) is 2.57. The summed E-state index contributed by atoms with van der Waals surface area (Å²) in [4.78, 5) is 13.3. The van der Waals surface area contributed by atoms with Crippen LogP contribution in [-0.2, 0) is 19.3 Å². The number of aryl methyl sites for hydroxylation is 2. The van der Waals surface area contributed by atoms with Crippen molar-refractivity contribution in [2.24, 2.45) is 10.7 Å². The highest BCUT2D eigenvalue weighted by Crippen LogP contribution is 2.26. The molecule has 24 heavy (non-hydrogen) atoms. The number of fused-ring (bicyclic) bond motifs is 1.